The highest BCUT2D eigenvalue weighted by atomic mass is 32.2. The number of thiophene rings is 1. The van der Waals surface area contributed by atoms with Crippen LogP contribution in [0.3, 0.4) is 0 Å². The average molecular weight is 433 g/mol. The lowest BCUT2D eigenvalue weighted by Crippen LogP contribution is -2.42. The minimum atomic E-state index is -1.20. The molecule has 0 radical (unpaired) electrons. The van der Waals surface area contributed by atoms with Crippen molar-refractivity contribution in [3.8, 4) is 0 Å². The maximum atomic E-state index is 13.4. The number of amides is 1. The molecule has 1 fully saturated rings. The topological polar surface area (TPSA) is 84.8 Å². The van der Waals surface area contributed by atoms with E-state index in [0.29, 0.717) is 36.5 Å². The van der Waals surface area contributed by atoms with Crippen LogP contribution in [0.25, 0.3) is 0 Å². The summed E-state index contributed by atoms with van der Waals surface area (Å²) in [6.45, 7) is 1.31. The van der Waals surface area contributed by atoms with Gasteiger partial charge in [0.15, 0.2) is 0 Å². The van der Waals surface area contributed by atoms with E-state index in [-0.39, 0.29) is 11.7 Å². The van der Waals surface area contributed by atoms with Crippen molar-refractivity contribution < 1.29 is 19.1 Å². The minimum Gasteiger partial charge on any atom is -0.549 e. The van der Waals surface area contributed by atoms with E-state index >= 15 is 0 Å². The third-order valence-corrected chi connectivity index (χ3v) is 7.37. The number of nitrogens with zero attached hydrogens (tertiary/aromatic N) is 2. The quantitative estimate of drug-likeness (QED) is 0.728. The van der Waals surface area contributed by atoms with Crippen LogP contribution < -0.4 is 10.5 Å². The van der Waals surface area contributed by atoms with Crippen LogP contribution in [-0.2, 0) is 22.6 Å². The van der Waals surface area contributed by atoms with Crippen molar-refractivity contribution >= 4 is 40.7 Å². The predicted octanol–water partition coefficient (Wildman–Crippen LogP) is 1.71. The van der Waals surface area contributed by atoms with E-state index in [1.54, 1.807) is 23.5 Å². The molecule has 2 aliphatic rings. The highest BCUT2D eigenvalue weighted by Crippen LogP contribution is 2.31. The number of carboxylic acid groups (broad SMARTS) is 1. The second kappa shape index (κ2) is 8.64. The van der Waals surface area contributed by atoms with Gasteiger partial charge in [0, 0.05) is 18.0 Å². The van der Waals surface area contributed by atoms with Gasteiger partial charge in [-0.05, 0) is 53.3 Å². The van der Waals surface area contributed by atoms with Gasteiger partial charge in [0.05, 0.1) is 16.9 Å². The number of halogens is 1. The summed E-state index contributed by atoms with van der Waals surface area (Å²) in [5.41, 5.74) is 4.81. The molecule has 29 heavy (non-hydrogen) atoms. The van der Waals surface area contributed by atoms with Gasteiger partial charge in [-0.1, -0.05) is 12.1 Å². The van der Waals surface area contributed by atoms with Gasteiger partial charge < -0.3 is 9.90 Å². The molecule has 0 aliphatic carbocycles. The van der Waals surface area contributed by atoms with Crippen LogP contribution in [0, 0.1) is 5.82 Å². The van der Waals surface area contributed by atoms with Crippen LogP contribution in [0.4, 0.5) is 4.39 Å². The van der Waals surface area contributed by atoms with Gasteiger partial charge in [-0.25, -0.2) is 9.82 Å². The Bertz CT molecular complexity index is 945. The van der Waals surface area contributed by atoms with Gasteiger partial charge in [-0.2, -0.15) is 5.10 Å². The number of benzene rings is 1. The van der Waals surface area contributed by atoms with E-state index in [2.05, 4.69) is 16.6 Å². The van der Waals surface area contributed by atoms with E-state index in [4.69, 9.17) is 0 Å². The predicted molar refractivity (Wildman–Crippen MR) is 109 cm³/mol. The fraction of sp³-hybridized carbons (Fsp3) is 0.350. The van der Waals surface area contributed by atoms with Crippen molar-refractivity contribution in [2.75, 3.05) is 12.3 Å². The molecule has 9 heteroatoms. The van der Waals surface area contributed by atoms with Crippen molar-refractivity contribution in [2.24, 2.45) is 5.10 Å². The standard InChI is InChI=1S/C20H20FN3O3S2/c21-14-3-1-12(2-4-14)17(24-8-5-16-13(11-24)6-9-28-16)19(25)23-22-15-7-10-29-18(15)20(26)27/h1-4,6,9,17-18H,5,7-8,10-11H2,(H,23,25)(H,26,27)/p-1/b22-15+. The summed E-state index contributed by atoms with van der Waals surface area (Å²) in [5, 5.41) is 16.5. The molecule has 0 spiro atoms. The Morgan fingerprint density at radius 2 is 2.03 bits per heavy atom. The number of hydrazone groups is 1. The lowest BCUT2D eigenvalue weighted by Gasteiger charge is -2.33. The van der Waals surface area contributed by atoms with E-state index in [9.17, 15) is 19.1 Å². The second-order valence-electron chi connectivity index (χ2n) is 6.94. The molecule has 6 nitrogen and oxygen atoms in total. The second-order valence-corrected chi connectivity index (χ2v) is 9.16. The van der Waals surface area contributed by atoms with Crippen LogP contribution in [0.1, 0.15) is 28.5 Å². The zero-order valence-electron chi connectivity index (χ0n) is 15.5. The van der Waals surface area contributed by atoms with Gasteiger partial charge in [-0.15, -0.1) is 23.1 Å². The monoisotopic (exact) mass is 432 g/mol. The molecule has 2 aromatic rings. The molecule has 152 valence electrons. The molecule has 3 heterocycles. The highest BCUT2D eigenvalue weighted by Gasteiger charge is 2.31. The van der Waals surface area contributed by atoms with Crippen molar-refractivity contribution in [1.82, 2.24) is 10.3 Å². The molecule has 1 saturated heterocycles. The number of hydrogen-bond acceptors (Lipinski definition) is 7. The number of carbonyl (C=O) groups is 2. The Labute approximate surface area is 175 Å². The number of nitrogens with one attached hydrogen (secondary N) is 1. The molecular weight excluding hydrogens is 413 g/mol. The maximum Gasteiger partial charge on any atom is 0.262 e. The number of carbonyl (C=O) groups excluding carboxylic acids is 2. The van der Waals surface area contributed by atoms with Crippen LogP contribution >= 0.6 is 23.1 Å². The lowest BCUT2D eigenvalue weighted by atomic mass is 10.0. The molecule has 1 N–H and O–H groups in total. The van der Waals surface area contributed by atoms with Crippen LogP contribution in [0.5, 0.6) is 0 Å². The fourth-order valence-electron chi connectivity index (χ4n) is 3.68. The zero-order chi connectivity index (χ0) is 20.4. The Morgan fingerprint density at radius 3 is 2.79 bits per heavy atom. The minimum absolute atomic E-state index is 0.364. The maximum absolute atomic E-state index is 13.4. The summed E-state index contributed by atoms with van der Waals surface area (Å²) in [6, 6.07) is 7.29. The summed E-state index contributed by atoms with van der Waals surface area (Å²) in [5.74, 6) is -1.30. The molecule has 1 aromatic carbocycles. The summed E-state index contributed by atoms with van der Waals surface area (Å²) < 4.78 is 13.4. The Morgan fingerprint density at radius 1 is 1.24 bits per heavy atom. The van der Waals surface area contributed by atoms with Gasteiger partial charge in [0.25, 0.3) is 5.91 Å². The third kappa shape index (κ3) is 4.36. The molecule has 2 atom stereocenters. The first-order valence-corrected chi connectivity index (χ1v) is 11.2. The number of aliphatic carboxylic acids is 1. The summed E-state index contributed by atoms with van der Waals surface area (Å²) in [7, 11) is 0. The zero-order valence-corrected chi connectivity index (χ0v) is 17.1. The van der Waals surface area contributed by atoms with Crippen molar-refractivity contribution in [3.63, 3.8) is 0 Å². The number of hydrogen-bond donors (Lipinski definition) is 1. The molecule has 1 amide bonds. The fourth-order valence-corrected chi connectivity index (χ4v) is 5.63. The molecular formula is C20H19FN3O3S2-. The van der Waals surface area contributed by atoms with Crippen molar-refractivity contribution in [1.29, 1.82) is 0 Å². The largest absolute Gasteiger partial charge is 0.549 e. The molecule has 2 unspecified atom stereocenters. The summed E-state index contributed by atoms with van der Waals surface area (Å²) in [4.78, 5) is 27.7. The number of rotatable bonds is 5. The normalized spacial score (nSPS) is 21.7. The van der Waals surface area contributed by atoms with Crippen molar-refractivity contribution in [2.45, 2.75) is 30.7 Å². The molecule has 1 aromatic heterocycles. The van der Waals surface area contributed by atoms with Crippen LogP contribution in [0.15, 0.2) is 40.8 Å². The molecule has 0 bridgehead atoms. The molecule has 4 rings (SSSR count). The van der Waals surface area contributed by atoms with Gasteiger partial charge in [0.2, 0.25) is 0 Å². The third-order valence-electron chi connectivity index (χ3n) is 5.11. The van der Waals surface area contributed by atoms with Crippen molar-refractivity contribution in [3.05, 3.63) is 57.5 Å². The first-order chi connectivity index (χ1) is 14.0. The van der Waals surface area contributed by atoms with Gasteiger partial charge >= 0.3 is 0 Å². The van der Waals surface area contributed by atoms with E-state index < -0.39 is 17.3 Å². The summed E-state index contributed by atoms with van der Waals surface area (Å²) >= 11 is 2.96. The first kappa shape index (κ1) is 20.1. The average Bonchev–Trinajstić information content (AvgIpc) is 3.37. The van der Waals surface area contributed by atoms with E-state index in [0.717, 1.165) is 6.42 Å². The number of thioether (sulfide) groups is 1. The Kier molecular flexibility index (Phi) is 5.98. The van der Waals surface area contributed by atoms with Gasteiger partial charge in [-0.3, -0.25) is 9.69 Å². The highest BCUT2D eigenvalue weighted by molar-refractivity contribution is 8.01. The summed E-state index contributed by atoms with van der Waals surface area (Å²) in [6.07, 6.45) is 1.34. The molecule has 2 aliphatic heterocycles. The SMILES string of the molecule is O=C([O-])C1SCC/C1=N\NC(=O)C(c1ccc(F)cc1)N1CCc2sccc2C1. The lowest BCUT2D eigenvalue weighted by molar-refractivity contribution is -0.303. The number of fused-ring (bicyclic) bond motifs is 1. The van der Waals surface area contributed by atoms with E-state index in [1.807, 2.05) is 10.3 Å². The first-order valence-electron chi connectivity index (χ1n) is 9.26. The van der Waals surface area contributed by atoms with Crippen LogP contribution in [-0.4, -0.2) is 40.0 Å². The Hall–Kier alpha value is -2.23. The van der Waals surface area contributed by atoms with E-state index in [1.165, 1.54) is 34.3 Å². The van der Waals surface area contributed by atoms with Crippen LogP contribution in [0.2, 0.25) is 0 Å². The molecule has 0 saturated carbocycles. The smallest absolute Gasteiger partial charge is 0.262 e. The van der Waals surface area contributed by atoms with Gasteiger partial charge in [0.1, 0.15) is 11.9 Å². The number of carboxylic acids is 1. The Balaban J connectivity index is 1.57.